The van der Waals surface area contributed by atoms with Crippen LogP contribution in [0.1, 0.15) is 63.7 Å². The predicted octanol–water partition coefficient (Wildman–Crippen LogP) is 21.1. The molecular formula is C103H73As4ClO20S8. The molecule has 136 heavy (non-hydrogen) atoms. The third-order valence-corrected chi connectivity index (χ3v) is 77.9. The fraction of sp³-hybridized carbons (Fsp3) is 0.107. The molecular weight excluding hydrogens is 2150 g/mol. The Morgan fingerprint density at radius 1 is 0.309 bits per heavy atom. The minimum atomic E-state index is -1.79. The maximum atomic E-state index is 13.2. The summed E-state index contributed by atoms with van der Waals surface area (Å²) in [7, 11) is 14.8. The number of phenolic OH excluding ortho intramolecular Hbond substituents is 4. The van der Waals surface area contributed by atoms with Gasteiger partial charge in [-0.25, -0.2) is 0 Å². The molecule has 20 nitrogen and oxygen atoms in total. The average molecular weight is 2220 g/mol. The van der Waals surface area contributed by atoms with E-state index in [2.05, 4.69) is 0 Å². The standard InChI is InChI=1S/C29H21AsO5S2.C28H19AsO5S2.C23H16AsClO5S2.C23H17AsO5S2/c31-23-12-10-20-25(18-8-4-5-9-19(18)29(33)34)21-11-13-24(32)26(30-36-14-15-37-30)28(21)35-27(20)22(23)16-17-6-2-1-3-7-17;30-21-12-10-19-24(17-8-4-5-9-18(17)28(32)33)20-11-13-22(31)25(29-35-14-15-36-29)27(20)34-26(19)23(21)16-6-2-1-3-7-16;1-11-17(26)7-6-14-18(12-4-2-3-5-13(12)23(28)29)15-10-16(25)20(27)19(22(15)30-21(11)14)24-31-8-9-32-24;1-12-17(25)8-6-15-19(13-4-2-3-5-14(13)23(27)28)16-7-9-18(26)20(22(16)29-21(12)15)24-30-10-11-31-24/h1-13,31H,14-16H2,(H,33,34);1-13,31H,14-15H2,(H,32,33);2-7,10,27H,8-9H2,1H3,(H,28,29);2-9,25H,10-11H2,1H3,(H,27,28). The van der Waals surface area contributed by atoms with E-state index in [1.807, 2.05) is 153 Å². The molecule has 4 fully saturated rings. The van der Waals surface area contributed by atoms with Gasteiger partial charge >= 0.3 is 833 Å². The minimum absolute atomic E-state index is 0.0116. The molecule has 4 aliphatic carbocycles. The summed E-state index contributed by atoms with van der Waals surface area (Å²) in [5.74, 6) is 6.12. The van der Waals surface area contributed by atoms with E-state index in [0.29, 0.717) is 150 Å². The van der Waals surface area contributed by atoms with E-state index < -0.39 is 73.2 Å². The molecule has 0 amide bonds. The van der Waals surface area contributed by atoms with Gasteiger partial charge in [0.25, 0.3) is 0 Å². The van der Waals surface area contributed by atoms with Gasteiger partial charge in [0.15, 0.2) is 0 Å². The molecule has 0 unspecified atom stereocenters. The van der Waals surface area contributed by atoms with Gasteiger partial charge in [-0.05, 0) is 0 Å². The van der Waals surface area contributed by atoms with E-state index in [4.69, 9.17) is 29.3 Å². The summed E-state index contributed by atoms with van der Waals surface area (Å²) in [5, 5.41) is 85.9. The van der Waals surface area contributed by atoms with Crippen molar-refractivity contribution in [1.82, 2.24) is 0 Å². The monoisotopic (exact) mass is 2220 g/mol. The number of aromatic hydroxyl groups is 4. The summed E-state index contributed by atoms with van der Waals surface area (Å²) in [6.45, 7) is 3.46. The van der Waals surface area contributed by atoms with Crippen molar-refractivity contribution in [2.75, 3.05) is 46.0 Å². The molecule has 0 bridgehead atoms. The predicted molar refractivity (Wildman–Crippen MR) is 563 cm³/mol. The number of fused-ring (bicyclic) bond motifs is 8. The fourth-order valence-electron chi connectivity index (χ4n) is 17.1. The van der Waals surface area contributed by atoms with Crippen LogP contribution in [0, 0.1) is 13.8 Å². The average Bonchev–Trinajstić information content (AvgIpc) is 0.973. The Morgan fingerprint density at radius 2 is 0.647 bits per heavy atom. The maximum absolute atomic E-state index is 13.2. The number of aromatic carboxylic acids is 4. The van der Waals surface area contributed by atoms with Crippen molar-refractivity contribution < 1.29 is 77.7 Å². The molecule has 22 rings (SSSR count). The number of benzene rings is 14. The third-order valence-electron chi connectivity index (χ3n) is 23.3. The van der Waals surface area contributed by atoms with Crippen LogP contribution < -0.4 is 39.1 Å². The van der Waals surface area contributed by atoms with E-state index >= 15 is 0 Å². The summed E-state index contributed by atoms with van der Waals surface area (Å²) >= 11 is -0.539. The van der Waals surface area contributed by atoms with Crippen LogP contribution >= 0.6 is 91.8 Å². The van der Waals surface area contributed by atoms with E-state index in [9.17, 15) is 79.2 Å². The van der Waals surface area contributed by atoms with Crippen molar-refractivity contribution in [3.63, 3.8) is 0 Å². The van der Waals surface area contributed by atoms with Crippen molar-refractivity contribution in [2.24, 2.45) is 0 Å². The van der Waals surface area contributed by atoms with Crippen molar-refractivity contribution in [2.45, 2.75) is 20.3 Å². The van der Waals surface area contributed by atoms with Crippen LogP contribution in [0.15, 0.2) is 286 Å². The first kappa shape index (κ1) is 94.3. The van der Waals surface area contributed by atoms with Gasteiger partial charge in [-0.1, -0.05) is 0 Å². The van der Waals surface area contributed by atoms with E-state index in [1.165, 1.54) is 12.1 Å². The molecule has 680 valence electrons. The van der Waals surface area contributed by atoms with E-state index in [0.717, 1.165) is 86.7 Å². The number of aryl methyl sites for hydroxylation is 1. The number of rotatable bonds is 15. The Kier molecular flexibility index (Phi) is 28.0. The number of hydrogen-bond acceptors (Lipinski definition) is 24. The van der Waals surface area contributed by atoms with E-state index in [-0.39, 0.29) is 72.0 Å². The van der Waals surface area contributed by atoms with Crippen LogP contribution in [0.3, 0.4) is 0 Å². The molecule has 0 radical (unpaired) electrons. The van der Waals surface area contributed by atoms with Crippen molar-refractivity contribution in [3.05, 3.63) is 339 Å². The Morgan fingerprint density at radius 3 is 1.11 bits per heavy atom. The van der Waals surface area contributed by atoms with Crippen molar-refractivity contribution in [1.29, 1.82) is 0 Å². The molecule has 0 saturated carbocycles. The first-order valence-corrected chi connectivity index (χ1v) is 72.3. The van der Waals surface area contributed by atoms with Crippen LogP contribution in [0.5, 0.6) is 23.0 Å². The van der Waals surface area contributed by atoms with Gasteiger partial charge in [-0.15, -0.1) is 0 Å². The zero-order valence-corrected chi connectivity index (χ0v) is 86.2. The third kappa shape index (κ3) is 18.0. The fourth-order valence-corrected chi connectivity index (χ4v) is 76.7. The molecule has 10 aromatic rings. The molecule has 0 spiro atoms. The zero-order chi connectivity index (χ0) is 94.6. The molecule has 10 aromatic carbocycles. The number of carboxylic acids is 4. The van der Waals surface area contributed by atoms with Crippen molar-refractivity contribution in [3.8, 4) is 124 Å². The number of phenols is 4. The van der Waals surface area contributed by atoms with Crippen LogP contribution in [-0.4, -0.2) is 160 Å². The normalized spacial score (nSPS) is 14.2. The van der Waals surface area contributed by atoms with Gasteiger partial charge in [0.05, 0.1) is 0 Å². The van der Waals surface area contributed by atoms with Gasteiger partial charge < -0.3 is 0 Å². The second kappa shape index (κ2) is 40.4. The quantitative estimate of drug-likeness (QED) is 0.0349. The number of carboxylic acid groups (broad SMARTS) is 4. The van der Waals surface area contributed by atoms with E-state index in [1.54, 1.807) is 178 Å². The molecule has 8 heterocycles. The molecule has 33 heteroatoms. The van der Waals surface area contributed by atoms with Gasteiger partial charge in [-0.3, -0.25) is 0 Å². The van der Waals surface area contributed by atoms with Crippen LogP contribution in [0.25, 0.3) is 145 Å². The Labute approximate surface area is 824 Å². The number of carbonyl (C=O) groups is 4. The molecule has 8 aliphatic heterocycles. The van der Waals surface area contributed by atoms with Crippen LogP contribution in [0.4, 0.5) is 0 Å². The summed E-state index contributed by atoms with van der Waals surface area (Å²) in [6.07, 6.45) is 0.427. The summed E-state index contributed by atoms with van der Waals surface area (Å²) in [6, 6.07) is 71.4. The topological polar surface area (TPSA) is 351 Å². The molecule has 0 aromatic heterocycles. The van der Waals surface area contributed by atoms with Crippen LogP contribution in [0.2, 0.25) is 5.02 Å². The Balaban J connectivity index is 0.000000117. The second-order valence-corrected chi connectivity index (χ2v) is 78.1. The molecule has 0 atom stereocenters. The number of hydrogen-bond donors (Lipinski definition) is 8. The van der Waals surface area contributed by atoms with Crippen molar-refractivity contribution >= 4 is 226 Å². The zero-order valence-electron chi connectivity index (χ0n) is 71.4. The Hall–Kier alpha value is -10.6. The molecule has 8 N–H and O–H groups in total. The summed E-state index contributed by atoms with van der Waals surface area (Å²) < 4.78 is 28.9. The van der Waals surface area contributed by atoms with Gasteiger partial charge in [0.1, 0.15) is 0 Å². The second-order valence-electron chi connectivity index (χ2n) is 31.3. The Bertz CT molecular complexity index is 8000. The first-order chi connectivity index (χ1) is 65.9. The number of halogens is 1. The van der Waals surface area contributed by atoms with Crippen LogP contribution in [-0.2, 0) is 6.42 Å². The first-order valence-electron chi connectivity index (χ1n) is 42.2. The summed E-state index contributed by atoms with van der Waals surface area (Å²) in [5.41, 5.74) is 13.5. The SMILES string of the molecule is Cc1c(O)ccc2c(-c3ccccc3C(=O)O)c3ccc(=O)c([As]4SCCS4)c-3oc12.Cc1c2oc3c([As]4SCCS4)c(O)c(Cl)cc3c(-c3ccccc3C(=O)O)c-2ccc1=O.O=C(O)c1ccccc1-c1c2ccc(=O)c(-c3ccccc3)c-2oc2c([As]3SCCS3)c(O)ccc12.O=C(O)c1ccccc1-c1c2ccc(=O)c([As]3SCCS3)c-2oc2c(Cc3ccccc3)c(O)ccc12. The van der Waals surface area contributed by atoms with Gasteiger partial charge in [0, 0.05) is 0 Å². The molecule has 12 aliphatic rings. The summed E-state index contributed by atoms with van der Waals surface area (Å²) in [4.78, 5) is 100. The van der Waals surface area contributed by atoms with Gasteiger partial charge in [0.2, 0.25) is 0 Å². The molecule has 4 saturated heterocycles. The van der Waals surface area contributed by atoms with Gasteiger partial charge in [-0.2, -0.15) is 0 Å².